The predicted octanol–water partition coefficient (Wildman–Crippen LogP) is 0.629. The first kappa shape index (κ1) is 6.89. The molecule has 0 spiro atoms. The first-order chi connectivity index (χ1) is 4.33. The highest BCUT2D eigenvalue weighted by Gasteiger charge is 2.11. The molecule has 0 fully saturated rings. The van der Waals surface area contributed by atoms with Crippen LogP contribution in [0.2, 0.25) is 0 Å². The van der Waals surface area contributed by atoms with E-state index in [1.165, 1.54) is 0 Å². The zero-order valence-electron chi connectivity index (χ0n) is 5.55. The van der Waals surface area contributed by atoms with Crippen molar-refractivity contribution in [1.29, 1.82) is 0 Å². The smallest absolute Gasteiger partial charge is 0.248 e. The van der Waals surface area contributed by atoms with Crippen molar-refractivity contribution in [2.45, 2.75) is 12.3 Å². The molecule has 1 rings (SSSR count). The van der Waals surface area contributed by atoms with Gasteiger partial charge in [-0.3, -0.25) is 5.32 Å². The summed E-state index contributed by atoms with van der Waals surface area (Å²) in [5.41, 5.74) is 0. The molecule has 3 nitrogen and oxygen atoms in total. The topological polar surface area (TPSA) is 33.6 Å². The third kappa shape index (κ3) is 1.87. The van der Waals surface area contributed by atoms with Crippen molar-refractivity contribution < 1.29 is 4.74 Å². The molecule has 1 aliphatic rings. The molecular formula is C5H10N2OS. The fourth-order valence-corrected chi connectivity index (χ4v) is 1.28. The molecule has 1 aliphatic heterocycles. The lowest BCUT2D eigenvalue weighted by molar-refractivity contribution is 0.410. The van der Waals surface area contributed by atoms with Gasteiger partial charge in [0.2, 0.25) is 5.23 Å². The minimum atomic E-state index is 0.428. The lowest BCUT2D eigenvalue weighted by Crippen LogP contribution is -2.29. The normalized spacial score (nSPS) is 27.3. The van der Waals surface area contributed by atoms with Gasteiger partial charge < -0.3 is 4.74 Å². The van der Waals surface area contributed by atoms with Crippen molar-refractivity contribution in [3.63, 3.8) is 0 Å². The van der Waals surface area contributed by atoms with Crippen LogP contribution in [-0.4, -0.2) is 24.4 Å². The highest BCUT2D eigenvalue weighted by molar-refractivity contribution is 8.14. The van der Waals surface area contributed by atoms with Gasteiger partial charge in [0.25, 0.3) is 0 Å². The summed E-state index contributed by atoms with van der Waals surface area (Å²) < 4.78 is 4.93. The molecule has 1 heterocycles. The average Bonchev–Trinajstić information content (AvgIpc) is 1.88. The Morgan fingerprint density at radius 1 is 1.89 bits per heavy atom. The van der Waals surface area contributed by atoms with Crippen molar-refractivity contribution in [1.82, 2.24) is 5.32 Å². The van der Waals surface area contributed by atoms with Crippen LogP contribution >= 0.6 is 11.8 Å². The van der Waals surface area contributed by atoms with Gasteiger partial charge >= 0.3 is 0 Å². The number of thioether (sulfide) groups is 1. The minimum Gasteiger partial charge on any atom is -0.476 e. The lowest BCUT2D eigenvalue weighted by Gasteiger charge is -2.17. The van der Waals surface area contributed by atoms with Crippen LogP contribution in [0.25, 0.3) is 0 Å². The molecule has 0 aromatic rings. The Morgan fingerprint density at radius 3 is 3.11 bits per heavy atom. The first-order valence-electron chi connectivity index (χ1n) is 2.81. The third-order valence-corrected chi connectivity index (χ3v) is 2.06. The molecule has 0 radical (unpaired) electrons. The van der Waals surface area contributed by atoms with Crippen LogP contribution in [0.3, 0.4) is 0 Å². The number of hydrogen-bond donors (Lipinski definition) is 1. The highest BCUT2D eigenvalue weighted by atomic mass is 32.2. The van der Waals surface area contributed by atoms with Gasteiger partial charge in [-0.15, -0.1) is 0 Å². The molecule has 1 unspecified atom stereocenters. The third-order valence-electron chi connectivity index (χ3n) is 1.04. The van der Waals surface area contributed by atoms with Gasteiger partial charge in [0.05, 0.1) is 19.2 Å². The van der Waals surface area contributed by atoms with Crippen LogP contribution in [0.1, 0.15) is 6.92 Å². The van der Waals surface area contributed by atoms with E-state index < -0.39 is 0 Å². The zero-order chi connectivity index (χ0) is 6.69. The highest BCUT2D eigenvalue weighted by Crippen LogP contribution is 2.13. The molecule has 9 heavy (non-hydrogen) atoms. The van der Waals surface area contributed by atoms with E-state index >= 15 is 0 Å². The fourth-order valence-electron chi connectivity index (χ4n) is 0.582. The van der Waals surface area contributed by atoms with E-state index in [-0.39, 0.29) is 0 Å². The Morgan fingerprint density at radius 2 is 2.67 bits per heavy atom. The minimum absolute atomic E-state index is 0.428. The first-order valence-corrected chi connectivity index (χ1v) is 3.69. The Labute approximate surface area is 58.9 Å². The zero-order valence-corrected chi connectivity index (χ0v) is 6.36. The van der Waals surface area contributed by atoms with Crippen LogP contribution < -0.4 is 5.32 Å². The monoisotopic (exact) mass is 146 g/mol. The van der Waals surface area contributed by atoms with Crippen molar-refractivity contribution >= 4 is 17.0 Å². The summed E-state index contributed by atoms with van der Waals surface area (Å²) in [7, 11) is 1.64. The maximum Gasteiger partial charge on any atom is 0.248 e. The van der Waals surface area contributed by atoms with E-state index in [9.17, 15) is 0 Å². The van der Waals surface area contributed by atoms with E-state index in [1.807, 2.05) is 0 Å². The van der Waals surface area contributed by atoms with Gasteiger partial charge in [0.15, 0.2) is 0 Å². The summed E-state index contributed by atoms with van der Waals surface area (Å²) in [6.45, 7) is 2.76. The molecule has 1 N–H and O–H groups in total. The van der Waals surface area contributed by atoms with Gasteiger partial charge in [-0.05, 0) is 18.7 Å². The van der Waals surface area contributed by atoms with Crippen LogP contribution in [0.15, 0.2) is 4.99 Å². The number of hydrogen-bond acceptors (Lipinski definition) is 4. The van der Waals surface area contributed by atoms with E-state index in [0.29, 0.717) is 12.0 Å². The summed E-state index contributed by atoms with van der Waals surface area (Å²) in [4.78, 5) is 4.04. The van der Waals surface area contributed by atoms with Gasteiger partial charge in [0.1, 0.15) is 0 Å². The van der Waals surface area contributed by atoms with Crippen molar-refractivity contribution in [2.75, 3.05) is 13.8 Å². The molecule has 0 aromatic carbocycles. The second-order valence-corrected chi connectivity index (χ2v) is 3.04. The summed E-state index contributed by atoms with van der Waals surface area (Å²) in [5, 5.41) is 4.35. The SMILES string of the molecule is COC1=NCNC(C)S1. The van der Waals surface area contributed by atoms with Crippen LogP contribution in [-0.2, 0) is 4.74 Å². The number of ether oxygens (including phenoxy) is 1. The molecule has 1 atom stereocenters. The molecule has 52 valence electrons. The van der Waals surface area contributed by atoms with E-state index in [0.717, 1.165) is 5.23 Å². The lowest BCUT2D eigenvalue weighted by atomic mass is 10.7. The summed E-state index contributed by atoms with van der Waals surface area (Å²) in [6, 6.07) is 0. The van der Waals surface area contributed by atoms with E-state index in [2.05, 4.69) is 17.2 Å². The molecule has 0 aromatic heterocycles. The number of rotatable bonds is 0. The Kier molecular flexibility index (Phi) is 2.36. The number of methoxy groups -OCH3 is 1. The number of aliphatic imine (C=N–C) groups is 1. The molecular weight excluding hydrogens is 136 g/mol. The number of nitrogens with one attached hydrogen (secondary N) is 1. The van der Waals surface area contributed by atoms with Crippen molar-refractivity contribution in [2.24, 2.45) is 4.99 Å². The van der Waals surface area contributed by atoms with Crippen molar-refractivity contribution in [3.8, 4) is 0 Å². The second kappa shape index (κ2) is 3.08. The molecule has 0 amide bonds. The van der Waals surface area contributed by atoms with E-state index in [1.54, 1.807) is 18.9 Å². The van der Waals surface area contributed by atoms with Crippen LogP contribution in [0, 0.1) is 0 Å². The molecule has 0 bridgehead atoms. The summed E-state index contributed by atoms with van der Waals surface area (Å²) in [5.74, 6) is 0. The Balaban J connectivity index is 2.43. The molecule has 0 saturated heterocycles. The van der Waals surface area contributed by atoms with E-state index in [4.69, 9.17) is 4.74 Å². The van der Waals surface area contributed by atoms with Crippen LogP contribution in [0.5, 0.6) is 0 Å². The number of nitrogens with zero attached hydrogens (tertiary/aromatic N) is 1. The van der Waals surface area contributed by atoms with Gasteiger partial charge in [0, 0.05) is 0 Å². The molecule has 4 heteroatoms. The predicted molar refractivity (Wildman–Crippen MR) is 39.5 cm³/mol. The van der Waals surface area contributed by atoms with Gasteiger partial charge in [-0.1, -0.05) is 0 Å². The van der Waals surface area contributed by atoms with Gasteiger partial charge in [-0.25, -0.2) is 4.99 Å². The fraction of sp³-hybridized carbons (Fsp3) is 0.800. The standard InChI is InChI=1S/C5H10N2OS/c1-4-6-3-7-5(8-2)9-4/h4,6H,3H2,1-2H3. The Hall–Kier alpha value is -0.220. The van der Waals surface area contributed by atoms with Crippen LogP contribution in [0.4, 0.5) is 0 Å². The second-order valence-electron chi connectivity index (χ2n) is 1.75. The van der Waals surface area contributed by atoms with Gasteiger partial charge in [-0.2, -0.15) is 0 Å². The molecule has 0 saturated carbocycles. The largest absolute Gasteiger partial charge is 0.476 e. The maximum absolute atomic E-state index is 4.93. The average molecular weight is 146 g/mol. The summed E-state index contributed by atoms with van der Waals surface area (Å²) >= 11 is 1.60. The maximum atomic E-state index is 4.93. The quantitative estimate of drug-likeness (QED) is 0.544. The molecule has 0 aliphatic carbocycles. The summed E-state index contributed by atoms with van der Waals surface area (Å²) in [6.07, 6.45) is 0. The Bertz CT molecular complexity index is 126. The van der Waals surface area contributed by atoms with Crippen molar-refractivity contribution in [3.05, 3.63) is 0 Å².